The van der Waals surface area contributed by atoms with Gasteiger partial charge >= 0.3 is 5.97 Å². The molecule has 5 aliphatic rings. The van der Waals surface area contributed by atoms with Crippen molar-refractivity contribution in [2.75, 3.05) is 6.61 Å². The molecule has 3 saturated carbocycles. The summed E-state index contributed by atoms with van der Waals surface area (Å²) in [5.41, 5.74) is -3.14. The van der Waals surface area contributed by atoms with E-state index in [1.54, 1.807) is 19.9 Å². The molecule has 318 valence electrons. The van der Waals surface area contributed by atoms with E-state index in [9.17, 15) is 45.3 Å². The third-order valence-corrected chi connectivity index (χ3v) is 15.5. The van der Waals surface area contributed by atoms with Crippen LogP contribution < -0.4 is 0 Å². The molecule has 0 bridgehead atoms. The van der Waals surface area contributed by atoms with E-state index in [1.165, 1.54) is 13.0 Å². The van der Waals surface area contributed by atoms with Crippen molar-refractivity contribution >= 4 is 17.8 Å². The second kappa shape index (κ2) is 15.5. The van der Waals surface area contributed by atoms with Crippen molar-refractivity contribution in [1.82, 2.24) is 0 Å². The number of benzene rings is 1. The number of Topliss-reactive ketones (excluding diaryl/α,β-unsaturated/α-hetero) is 1. The maximum Gasteiger partial charge on any atom is 0.330 e. The number of ether oxygens (including phenoxy) is 3. The van der Waals surface area contributed by atoms with Crippen molar-refractivity contribution in [2.45, 2.75) is 161 Å². The minimum absolute atomic E-state index is 0.00594. The molecule has 0 aromatic heterocycles. The number of fused-ring (bicyclic) bond motifs is 5. The van der Waals surface area contributed by atoms with E-state index in [-0.39, 0.29) is 35.9 Å². The lowest BCUT2D eigenvalue weighted by Gasteiger charge is -2.66. The van der Waals surface area contributed by atoms with Crippen LogP contribution in [0.3, 0.4) is 0 Å². The van der Waals surface area contributed by atoms with Crippen LogP contribution >= 0.6 is 0 Å². The number of ketones is 1. The highest BCUT2D eigenvalue weighted by Crippen LogP contribution is 2.75. The highest BCUT2D eigenvalue weighted by molar-refractivity contribution is 5.87. The van der Waals surface area contributed by atoms with Gasteiger partial charge in [-0.25, -0.2) is 4.79 Å². The molecule has 57 heavy (non-hydrogen) atoms. The van der Waals surface area contributed by atoms with Gasteiger partial charge in [-0.05, 0) is 99.0 Å². The molecule has 4 fully saturated rings. The Kier molecular flexibility index (Phi) is 12.0. The highest BCUT2D eigenvalue weighted by Gasteiger charge is 2.72. The fourth-order valence-electron chi connectivity index (χ4n) is 12.0. The molecule has 6 rings (SSSR count). The van der Waals surface area contributed by atoms with E-state index in [0.29, 0.717) is 25.7 Å². The van der Waals surface area contributed by atoms with Gasteiger partial charge in [0.05, 0.1) is 23.9 Å². The van der Waals surface area contributed by atoms with E-state index in [4.69, 9.17) is 14.2 Å². The SMILES string of the molecule is CC(C)(O)CCC(=O)[C@](C)(O)[C@H]1[C@H](O)C[C@@]2(C)[C@@H]3CC=C4[C@@H](C[C@@H](O[C@H]5O[C@@H](COC(=O)C=Cc6ccccc6)[C@H](O)[C@H](O)[C@@H]5O)[C@H](O)C4(C)C)[C@@]3(C)CC[C@]12C. The maximum atomic E-state index is 13.6. The van der Waals surface area contributed by atoms with Crippen LogP contribution in [0.15, 0.2) is 48.1 Å². The van der Waals surface area contributed by atoms with Gasteiger partial charge in [0, 0.05) is 23.8 Å². The number of hydrogen-bond acceptors (Lipinski definition) is 12. The van der Waals surface area contributed by atoms with E-state index >= 15 is 0 Å². The number of aliphatic hydroxyl groups excluding tert-OH is 5. The van der Waals surface area contributed by atoms with Crippen LogP contribution in [0.5, 0.6) is 0 Å². The summed E-state index contributed by atoms with van der Waals surface area (Å²) in [6.45, 7) is 14.9. The van der Waals surface area contributed by atoms with Gasteiger partial charge in [-0.15, -0.1) is 0 Å². The Hall–Kier alpha value is -2.52. The number of carbonyl (C=O) groups is 2. The minimum atomic E-state index is -1.80. The maximum absolute atomic E-state index is 13.6. The monoisotopic (exact) mass is 798 g/mol. The van der Waals surface area contributed by atoms with Crippen LogP contribution in [0.2, 0.25) is 0 Å². The normalized spacial score (nSPS) is 42.6. The van der Waals surface area contributed by atoms with Crippen LogP contribution in [0.1, 0.15) is 106 Å². The molecular weight excluding hydrogens is 732 g/mol. The second-order valence-corrected chi connectivity index (χ2v) is 19.9. The Morgan fingerprint density at radius 3 is 2.23 bits per heavy atom. The average Bonchev–Trinajstić information content (AvgIpc) is 3.36. The molecule has 0 radical (unpaired) electrons. The van der Waals surface area contributed by atoms with Gasteiger partial charge in [0.25, 0.3) is 0 Å². The van der Waals surface area contributed by atoms with E-state index in [2.05, 4.69) is 26.8 Å². The zero-order valence-electron chi connectivity index (χ0n) is 34.8. The molecule has 0 spiro atoms. The second-order valence-electron chi connectivity index (χ2n) is 19.9. The number of aliphatic hydroxyl groups is 7. The number of carbonyl (C=O) groups excluding carboxylic acids is 2. The summed E-state index contributed by atoms with van der Waals surface area (Å²) in [5, 5.41) is 78.7. The quantitative estimate of drug-likeness (QED) is 0.0970. The molecule has 1 aromatic rings. The van der Waals surface area contributed by atoms with Gasteiger partial charge in [-0.2, -0.15) is 0 Å². The Bertz CT molecular complexity index is 1700. The summed E-state index contributed by atoms with van der Waals surface area (Å²) in [6, 6.07) is 9.17. The minimum Gasteiger partial charge on any atom is -0.460 e. The van der Waals surface area contributed by atoms with Gasteiger partial charge in [-0.1, -0.05) is 76.6 Å². The molecule has 1 aromatic carbocycles. The van der Waals surface area contributed by atoms with Crippen molar-refractivity contribution in [3.05, 3.63) is 53.6 Å². The van der Waals surface area contributed by atoms with Gasteiger partial charge in [0.15, 0.2) is 12.1 Å². The van der Waals surface area contributed by atoms with E-state index < -0.39 is 95.0 Å². The zero-order chi connectivity index (χ0) is 42.1. The van der Waals surface area contributed by atoms with E-state index in [1.807, 2.05) is 44.2 Å². The lowest BCUT2D eigenvalue weighted by Crippen LogP contribution is -2.64. The molecule has 7 N–H and O–H groups in total. The van der Waals surface area contributed by atoms with Gasteiger partial charge in [0.1, 0.15) is 36.6 Å². The zero-order valence-corrected chi connectivity index (χ0v) is 34.8. The third kappa shape index (κ3) is 7.72. The lowest BCUT2D eigenvalue weighted by molar-refractivity contribution is -0.324. The van der Waals surface area contributed by atoms with Crippen molar-refractivity contribution < 1.29 is 59.5 Å². The number of allylic oxidation sites excluding steroid dienone is 1. The first kappa shape index (κ1) is 44.0. The molecule has 12 heteroatoms. The van der Waals surface area contributed by atoms with Crippen molar-refractivity contribution in [1.29, 1.82) is 0 Å². The van der Waals surface area contributed by atoms with Crippen LogP contribution in [-0.2, 0) is 23.8 Å². The van der Waals surface area contributed by atoms with Gasteiger partial charge in [-0.3, -0.25) is 4.79 Å². The molecule has 12 nitrogen and oxygen atoms in total. The van der Waals surface area contributed by atoms with Crippen LogP contribution in [0.25, 0.3) is 6.08 Å². The molecule has 1 heterocycles. The molecular formula is C45H66O12. The molecule has 1 saturated heterocycles. The van der Waals surface area contributed by atoms with Crippen LogP contribution in [-0.4, -0.2) is 114 Å². The molecule has 0 amide bonds. The summed E-state index contributed by atoms with van der Waals surface area (Å²) in [6.07, 6.45) is -2.30. The van der Waals surface area contributed by atoms with Crippen molar-refractivity contribution in [2.24, 2.45) is 39.4 Å². The first-order valence-electron chi connectivity index (χ1n) is 20.7. The standard InChI is InChI=1S/C45H66O12/c1-40(2,53)19-18-32(47)45(8,54)37-28(46)23-44(7)31-16-15-26-27(42(31,5)20-21-43(37,44)6)22-29(38(52)41(26,3)4)56-39-36(51)35(50)34(49)30(57-39)24-55-33(48)17-14-25-12-10-9-11-13-25/h9-15,17,27-31,34-39,46,49-54H,16,18-24H2,1-8H3/t27-,28-,29-,30+,31-,34+,35+,36+,37+,38+,39+,42-,43-,44+,45+/m1/s1. The topological polar surface area (TPSA) is 203 Å². The fraction of sp³-hybridized carbons (Fsp3) is 0.733. The predicted molar refractivity (Wildman–Crippen MR) is 211 cm³/mol. The molecule has 15 atom stereocenters. The predicted octanol–water partition coefficient (Wildman–Crippen LogP) is 3.85. The number of hydrogen-bond donors (Lipinski definition) is 7. The van der Waals surface area contributed by atoms with Crippen molar-refractivity contribution in [3.8, 4) is 0 Å². The largest absolute Gasteiger partial charge is 0.460 e. The van der Waals surface area contributed by atoms with E-state index in [0.717, 1.165) is 17.6 Å². The fourth-order valence-corrected chi connectivity index (χ4v) is 12.0. The van der Waals surface area contributed by atoms with Crippen LogP contribution in [0.4, 0.5) is 0 Å². The Morgan fingerprint density at radius 1 is 0.912 bits per heavy atom. The number of rotatable bonds is 11. The van der Waals surface area contributed by atoms with Crippen molar-refractivity contribution in [3.63, 3.8) is 0 Å². The molecule has 0 unspecified atom stereocenters. The molecule has 4 aliphatic carbocycles. The lowest BCUT2D eigenvalue weighted by atomic mass is 9.38. The smallest absolute Gasteiger partial charge is 0.330 e. The summed E-state index contributed by atoms with van der Waals surface area (Å²) < 4.78 is 17.7. The Morgan fingerprint density at radius 2 is 1.58 bits per heavy atom. The third-order valence-electron chi connectivity index (χ3n) is 15.5. The summed E-state index contributed by atoms with van der Waals surface area (Å²) in [7, 11) is 0. The first-order chi connectivity index (χ1) is 26.4. The summed E-state index contributed by atoms with van der Waals surface area (Å²) >= 11 is 0. The highest BCUT2D eigenvalue weighted by atomic mass is 16.7. The number of esters is 1. The molecule has 1 aliphatic heterocycles. The Labute approximate surface area is 336 Å². The van der Waals surface area contributed by atoms with Gasteiger partial charge in [0.2, 0.25) is 0 Å². The van der Waals surface area contributed by atoms with Gasteiger partial charge < -0.3 is 50.0 Å². The average molecular weight is 799 g/mol. The van der Waals surface area contributed by atoms with Crippen LogP contribution in [0, 0.1) is 39.4 Å². The first-order valence-corrected chi connectivity index (χ1v) is 20.7. The summed E-state index contributed by atoms with van der Waals surface area (Å²) in [4.78, 5) is 26.1. The summed E-state index contributed by atoms with van der Waals surface area (Å²) in [5.74, 6) is -1.83. The Balaban J connectivity index is 1.21.